The van der Waals surface area contributed by atoms with Gasteiger partial charge in [-0.25, -0.2) is 18.2 Å². The van der Waals surface area contributed by atoms with Gasteiger partial charge in [0, 0.05) is 0 Å². The Kier molecular flexibility index (Phi) is 3.69. The van der Waals surface area contributed by atoms with Gasteiger partial charge in [0.05, 0.1) is 25.3 Å². The van der Waals surface area contributed by atoms with Crippen LogP contribution in [0.4, 0.5) is 13.2 Å². The van der Waals surface area contributed by atoms with Gasteiger partial charge in [-0.05, 0) is 7.05 Å². The summed E-state index contributed by atoms with van der Waals surface area (Å²) in [5.74, 6) is -0.0378. The lowest BCUT2D eigenvalue weighted by Gasteiger charge is -2.32. The van der Waals surface area contributed by atoms with Crippen LogP contribution in [0.5, 0.6) is 5.88 Å². The molecule has 114 valence electrons. The Morgan fingerprint density at radius 2 is 2.25 bits per heavy atom. The van der Waals surface area contributed by atoms with Crippen LogP contribution in [0.15, 0.2) is 11.1 Å². The topological polar surface area (TPSA) is 90.4 Å². The zero-order valence-electron chi connectivity index (χ0n) is 10.5. The van der Waals surface area contributed by atoms with Crippen LogP contribution >= 0.6 is 0 Å². The average Bonchev–Trinajstić information content (AvgIpc) is 2.68. The molecule has 0 fully saturated rings. The van der Waals surface area contributed by atoms with E-state index >= 15 is 0 Å². The highest BCUT2D eigenvalue weighted by molar-refractivity contribution is 7.89. The van der Waals surface area contributed by atoms with Crippen molar-refractivity contribution in [1.29, 1.82) is 0 Å². The number of likely N-dealkylation sites (N-methyl/N-ethyl adjacent to an activating group) is 1. The summed E-state index contributed by atoms with van der Waals surface area (Å²) >= 11 is 0. The summed E-state index contributed by atoms with van der Waals surface area (Å²) in [6, 6.07) is -0.558. The molecule has 1 aromatic rings. The minimum atomic E-state index is -4.31. The third-order valence-corrected chi connectivity index (χ3v) is 3.81. The summed E-state index contributed by atoms with van der Waals surface area (Å²) in [6.45, 7) is -1.06. The number of nitrogens with two attached hydrogens (primary N) is 1. The van der Waals surface area contributed by atoms with E-state index in [9.17, 15) is 21.6 Å². The van der Waals surface area contributed by atoms with Gasteiger partial charge < -0.3 is 4.74 Å². The second-order valence-electron chi connectivity index (χ2n) is 4.54. The third-order valence-electron chi connectivity index (χ3n) is 2.91. The molecule has 2 N–H and O–H groups in total. The number of primary sulfonamides is 1. The van der Waals surface area contributed by atoms with E-state index in [0.29, 0.717) is 0 Å². The van der Waals surface area contributed by atoms with Gasteiger partial charge in [0.25, 0.3) is 0 Å². The predicted octanol–water partition coefficient (Wildman–Crippen LogP) is -0.214. The van der Waals surface area contributed by atoms with E-state index in [-0.39, 0.29) is 23.9 Å². The fourth-order valence-electron chi connectivity index (χ4n) is 1.93. The summed E-state index contributed by atoms with van der Waals surface area (Å²) in [7, 11) is -2.65. The molecular formula is C9H13F3N4O3S. The zero-order chi connectivity index (χ0) is 15.1. The molecule has 0 spiro atoms. The van der Waals surface area contributed by atoms with Crippen molar-refractivity contribution in [1.82, 2.24) is 14.7 Å². The molecule has 1 aliphatic heterocycles. The lowest BCUT2D eigenvalue weighted by molar-refractivity contribution is -0.150. The highest BCUT2D eigenvalue weighted by Gasteiger charge is 2.35. The number of ether oxygens (including phenoxy) is 1. The number of nitrogens with zero attached hydrogens (tertiary/aromatic N) is 3. The molecule has 1 atom stereocenters. The highest BCUT2D eigenvalue weighted by atomic mass is 32.2. The quantitative estimate of drug-likeness (QED) is 0.833. The smallest absolute Gasteiger partial charge is 0.401 e. The Balaban J connectivity index is 2.15. The first kappa shape index (κ1) is 15.1. The van der Waals surface area contributed by atoms with Crippen LogP contribution in [0, 0.1) is 0 Å². The van der Waals surface area contributed by atoms with Crippen LogP contribution < -0.4 is 9.88 Å². The molecule has 20 heavy (non-hydrogen) atoms. The number of hydrogen-bond acceptors (Lipinski definition) is 5. The number of sulfonamides is 1. The molecule has 0 amide bonds. The molecule has 1 aromatic heterocycles. The van der Waals surface area contributed by atoms with Crippen molar-refractivity contribution >= 4 is 10.0 Å². The van der Waals surface area contributed by atoms with Crippen molar-refractivity contribution in [2.45, 2.75) is 23.7 Å². The predicted molar refractivity (Wildman–Crippen MR) is 61.6 cm³/mol. The molecule has 7 nitrogen and oxygen atoms in total. The van der Waals surface area contributed by atoms with Gasteiger partial charge in [-0.2, -0.15) is 18.3 Å². The first-order valence-electron chi connectivity index (χ1n) is 5.56. The van der Waals surface area contributed by atoms with Crippen LogP contribution in [0.25, 0.3) is 0 Å². The molecule has 1 aliphatic rings. The Bertz CT molecular complexity index is 598. The summed E-state index contributed by atoms with van der Waals surface area (Å²) < 4.78 is 65.9. The molecule has 2 rings (SSSR count). The molecule has 11 heteroatoms. The monoisotopic (exact) mass is 314 g/mol. The number of rotatable bonds is 3. The molecule has 0 bridgehead atoms. The Morgan fingerprint density at radius 1 is 1.60 bits per heavy atom. The zero-order valence-corrected chi connectivity index (χ0v) is 11.3. The lowest BCUT2D eigenvalue weighted by atomic mass is 10.2. The maximum absolute atomic E-state index is 12.3. The van der Waals surface area contributed by atoms with Crippen LogP contribution in [0.2, 0.25) is 0 Å². The maximum atomic E-state index is 12.3. The molecule has 0 saturated heterocycles. The number of halogens is 3. The van der Waals surface area contributed by atoms with Crippen molar-refractivity contribution in [2.24, 2.45) is 5.14 Å². The molecule has 1 unspecified atom stereocenters. The number of alkyl halides is 3. The molecule has 0 radical (unpaired) electrons. The lowest BCUT2D eigenvalue weighted by Crippen LogP contribution is -2.46. The standard InChI is InChI=1S/C9H13F3N4O3S/c1-15(5-9(10,11)12)6-3-16-8(19-4-6)7(2-14-16)20(13,17)18/h2,6H,3-5H2,1H3,(H2,13,17,18). The number of fused-ring (bicyclic) bond motifs is 1. The van der Waals surface area contributed by atoms with E-state index in [2.05, 4.69) is 5.10 Å². The minimum absolute atomic E-state index is 0.0378. The number of aromatic nitrogens is 2. The molecule has 0 saturated carbocycles. The van der Waals surface area contributed by atoms with Gasteiger partial charge in [0.2, 0.25) is 15.9 Å². The number of hydrogen-bond donors (Lipinski definition) is 1. The molecule has 2 heterocycles. The van der Waals surface area contributed by atoms with Crippen LogP contribution in [0.1, 0.15) is 0 Å². The van der Waals surface area contributed by atoms with Crippen molar-refractivity contribution in [3.8, 4) is 5.88 Å². The summed E-state index contributed by atoms with van der Waals surface area (Å²) in [5, 5.41) is 8.76. The Morgan fingerprint density at radius 3 is 2.80 bits per heavy atom. The van der Waals surface area contributed by atoms with Crippen molar-refractivity contribution < 1.29 is 26.3 Å². The Hall–Kier alpha value is -1.33. The second-order valence-corrected chi connectivity index (χ2v) is 6.07. The van der Waals surface area contributed by atoms with Gasteiger partial charge in [-0.15, -0.1) is 0 Å². The third kappa shape index (κ3) is 3.22. The van der Waals surface area contributed by atoms with E-state index in [1.165, 1.54) is 11.7 Å². The molecule has 0 aromatic carbocycles. The van der Waals surface area contributed by atoms with Gasteiger partial charge >= 0.3 is 6.18 Å². The van der Waals surface area contributed by atoms with Crippen LogP contribution in [-0.2, 0) is 16.6 Å². The van der Waals surface area contributed by atoms with Gasteiger partial charge in [0.1, 0.15) is 6.61 Å². The normalized spacial score (nSPS) is 19.8. The van der Waals surface area contributed by atoms with Gasteiger partial charge in [-0.3, -0.25) is 4.90 Å². The van der Waals surface area contributed by atoms with Crippen molar-refractivity contribution in [3.05, 3.63) is 6.20 Å². The summed E-state index contributed by atoms with van der Waals surface area (Å²) in [5.41, 5.74) is 0. The summed E-state index contributed by atoms with van der Waals surface area (Å²) in [4.78, 5) is 0.816. The van der Waals surface area contributed by atoms with E-state index in [1.807, 2.05) is 0 Å². The van der Waals surface area contributed by atoms with E-state index in [0.717, 1.165) is 11.1 Å². The largest absolute Gasteiger partial charge is 0.475 e. The first-order valence-corrected chi connectivity index (χ1v) is 7.11. The SMILES string of the molecule is CN(CC(F)(F)F)C1COc2c(S(N)(=O)=O)cnn2C1. The first-order chi connectivity index (χ1) is 9.08. The van der Waals surface area contributed by atoms with E-state index in [4.69, 9.17) is 9.88 Å². The maximum Gasteiger partial charge on any atom is 0.401 e. The van der Waals surface area contributed by atoms with Gasteiger partial charge in [-0.1, -0.05) is 0 Å². The van der Waals surface area contributed by atoms with E-state index in [1.54, 1.807) is 0 Å². The molecule has 0 aliphatic carbocycles. The fraction of sp³-hybridized carbons (Fsp3) is 0.667. The van der Waals surface area contributed by atoms with Gasteiger partial charge in [0.15, 0.2) is 4.90 Å². The van der Waals surface area contributed by atoms with Crippen LogP contribution in [0.3, 0.4) is 0 Å². The fourth-order valence-corrected chi connectivity index (χ4v) is 2.54. The van der Waals surface area contributed by atoms with Crippen molar-refractivity contribution in [2.75, 3.05) is 20.2 Å². The highest BCUT2D eigenvalue weighted by Crippen LogP contribution is 2.27. The summed E-state index contributed by atoms with van der Waals surface area (Å²) in [6.07, 6.45) is -3.29. The average molecular weight is 314 g/mol. The minimum Gasteiger partial charge on any atom is -0.475 e. The second kappa shape index (κ2) is 4.90. The molecular weight excluding hydrogens is 301 g/mol. The Labute approximate surface area is 113 Å². The van der Waals surface area contributed by atoms with Crippen molar-refractivity contribution in [3.63, 3.8) is 0 Å². The van der Waals surface area contributed by atoms with Crippen LogP contribution in [-0.4, -0.2) is 55.5 Å². The van der Waals surface area contributed by atoms with E-state index < -0.39 is 28.8 Å².